The fraction of sp³-hybridized carbons (Fsp3) is 0.306. The Morgan fingerprint density at radius 3 is 2.33 bits per heavy atom. The van der Waals surface area contributed by atoms with Gasteiger partial charge in [-0.25, -0.2) is 0 Å². The number of hydrogen-bond acceptors (Lipinski definition) is 5. The predicted octanol–water partition coefficient (Wildman–Crippen LogP) is 7.91. The van der Waals surface area contributed by atoms with Crippen molar-refractivity contribution in [2.75, 3.05) is 6.61 Å². The van der Waals surface area contributed by atoms with E-state index < -0.39 is 18.2 Å². The van der Waals surface area contributed by atoms with Gasteiger partial charge in [-0.1, -0.05) is 109 Å². The summed E-state index contributed by atoms with van der Waals surface area (Å²) in [6.07, 6.45) is 5.80. The van der Waals surface area contributed by atoms with Crippen LogP contribution in [0.5, 0.6) is 17.2 Å². The minimum Gasteiger partial charge on any atom is -0.493 e. The van der Waals surface area contributed by atoms with Crippen molar-refractivity contribution in [3.8, 4) is 28.4 Å². The minimum atomic E-state index is -1.74. The monoisotopic (exact) mass is 643 g/mol. The Morgan fingerprint density at radius 2 is 1.58 bits per heavy atom. The van der Waals surface area contributed by atoms with Crippen molar-refractivity contribution in [3.63, 3.8) is 0 Å². The quantitative estimate of drug-likeness (QED) is 0.137. The van der Waals surface area contributed by atoms with Gasteiger partial charge in [0.15, 0.2) is 6.29 Å². The van der Waals surface area contributed by atoms with Gasteiger partial charge in [-0.05, 0) is 66.3 Å². The summed E-state index contributed by atoms with van der Waals surface area (Å²) < 4.78 is 12.9. The molecule has 1 fully saturated rings. The number of carbonyl (C=O) groups excluding carboxylic acids is 1. The molecule has 1 amide bonds. The SMILES string of the molecule is O=C(N[C@@H](Cc1ccc(-c2ccccc2Oc2ccccc2)cc1)C(O)O)c1cc(Br)ccc1OCCC1CCCCC1. The number of para-hydroxylation sites is 2. The molecular weight excluding hydrogens is 606 g/mol. The number of benzene rings is 4. The number of aliphatic hydroxyl groups is 2. The first-order valence-electron chi connectivity index (χ1n) is 15.0. The number of rotatable bonds is 12. The summed E-state index contributed by atoms with van der Waals surface area (Å²) >= 11 is 3.45. The third-order valence-corrected chi connectivity index (χ3v) is 8.44. The molecule has 6 nitrogen and oxygen atoms in total. The van der Waals surface area contributed by atoms with E-state index in [9.17, 15) is 15.0 Å². The van der Waals surface area contributed by atoms with Gasteiger partial charge in [0, 0.05) is 10.0 Å². The topological polar surface area (TPSA) is 88.0 Å². The number of hydrogen-bond donors (Lipinski definition) is 3. The Labute approximate surface area is 261 Å². The third kappa shape index (κ3) is 8.69. The molecule has 4 aromatic rings. The van der Waals surface area contributed by atoms with Crippen LogP contribution in [-0.2, 0) is 6.42 Å². The maximum absolute atomic E-state index is 13.4. The molecule has 224 valence electrons. The summed E-state index contributed by atoms with van der Waals surface area (Å²) in [6.45, 7) is 0.546. The van der Waals surface area contributed by atoms with Gasteiger partial charge in [-0.15, -0.1) is 0 Å². The van der Waals surface area contributed by atoms with Crippen LogP contribution in [0.25, 0.3) is 11.1 Å². The molecule has 1 atom stereocenters. The average molecular weight is 645 g/mol. The summed E-state index contributed by atoms with van der Waals surface area (Å²) in [5.74, 6) is 2.24. The van der Waals surface area contributed by atoms with Crippen LogP contribution in [0.15, 0.2) is 102 Å². The smallest absolute Gasteiger partial charge is 0.255 e. The van der Waals surface area contributed by atoms with Crippen molar-refractivity contribution in [2.45, 2.75) is 57.3 Å². The van der Waals surface area contributed by atoms with E-state index in [1.807, 2.05) is 84.9 Å². The highest BCUT2D eigenvalue weighted by molar-refractivity contribution is 9.10. The highest BCUT2D eigenvalue weighted by Gasteiger charge is 2.23. The molecule has 5 rings (SSSR count). The van der Waals surface area contributed by atoms with Crippen molar-refractivity contribution in [2.24, 2.45) is 5.92 Å². The second-order valence-electron chi connectivity index (χ2n) is 11.1. The molecule has 0 bridgehead atoms. The molecule has 0 heterocycles. The van der Waals surface area contributed by atoms with Gasteiger partial charge >= 0.3 is 0 Å². The molecule has 0 unspecified atom stereocenters. The molecule has 0 aromatic heterocycles. The first-order valence-corrected chi connectivity index (χ1v) is 15.8. The lowest BCUT2D eigenvalue weighted by atomic mass is 9.87. The van der Waals surface area contributed by atoms with E-state index in [0.717, 1.165) is 39.1 Å². The first kappa shape index (κ1) is 30.8. The maximum Gasteiger partial charge on any atom is 0.255 e. The van der Waals surface area contributed by atoms with E-state index >= 15 is 0 Å². The normalized spacial score (nSPS) is 14.3. The van der Waals surface area contributed by atoms with Crippen LogP contribution in [0.2, 0.25) is 0 Å². The van der Waals surface area contributed by atoms with Gasteiger partial charge in [-0.2, -0.15) is 0 Å². The molecule has 0 spiro atoms. The largest absolute Gasteiger partial charge is 0.493 e. The van der Waals surface area contributed by atoms with Gasteiger partial charge in [0.2, 0.25) is 0 Å². The zero-order valence-corrected chi connectivity index (χ0v) is 25.7. The molecule has 0 aliphatic heterocycles. The molecule has 7 heteroatoms. The van der Waals surface area contributed by atoms with Crippen molar-refractivity contribution >= 4 is 21.8 Å². The number of amides is 1. The molecular formula is C36H38BrNO5. The molecule has 0 saturated heterocycles. The van der Waals surface area contributed by atoms with E-state index in [1.165, 1.54) is 32.1 Å². The lowest BCUT2D eigenvalue weighted by Crippen LogP contribution is -2.44. The van der Waals surface area contributed by atoms with Crippen LogP contribution in [0.4, 0.5) is 0 Å². The van der Waals surface area contributed by atoms with Crippen molar-refractivity contribution in [3.05, 3.63) is 113 Å². The fourth-order valence-corrected chi connectivity index (χ4v) is 5.94. The van der Waals surface area contributed by atoms with Crippen molar-refractivity contribution in [1.82, 2.24) is 5.32 Å². The number of halogens is 1. The predicted molar refractivity (Wildman–Crippen MR) is 172 cm³/mol. The Morgan fingerprint density at radius 1 is 0.860 bits per heavy atom. The maximum atomic E-state index is 13.4. The van der Waals surface area contributed by atoms with Gasteiger partial charge in [0.1, 0.15) is 17.2 Å². The lowest BCUT2D eigenvalue weighted by Gasteiger charge is -2.23. The van der Waals surface area contributed by atoms with Gasteiger partial charge < -0.3 is 25.0 Å². The van der Waals surface area contributed by atoms with Crippen LogP contribution in [0.3, 0.4) is 0 Å². The van der Waals surface area contributed by atoms with Crippen LogP contribution < -0.4 is 14.8 Å². The molecule has 1 saturated carbocycles. The minimum absolute atomic E-state index is 0.234. The standard InChI is InChI=1S/C36H38BrNO5/c37-28-19-20-33(42-22-21-25-9-3-1-4-10-25)31(24-28)35(39)38-32(36(40)41)23-26-15-17-27(18-16-26)30-13-7-8-14-34(30)43-29-11-5-2-6-12-29/h2,5-8,11-20,24-25,32,36,40-41H,1,3-4,9-10,21-23H2,(H,38,39)/t32-/m0/s1. The Balaban J connectivity index is 1.24. The first-order chi connectivity index (χ1) is 21.0. The second-order valence-corrected chi connectivity index (χ2v) is 12.0. The summed E-state index contributed by atoms with van der Waals surface area (Å²) in [7, 11) is 0. The number of carbonyl (C=O) groups is 1. The van der Waals surface area contributed by atoms with Crippen molar-refractivity contribution in [1.29, 1.82) is 0 Å². The average Bonchev–Trinajstić information content (AvgIpc) is 3.03. The number of aliphatic hydroxyl groups excluding tert-OH is 1. The van der Waals surface area contributed by atoms with Crippen LogP contribution in [0, 0.1) is 5.92 Å². The van der Waals surface area contributed by atoms with Gasteiger partial charge in [0.05, 0.1) is 18.2 Å². The zero-order valence-electron chi connectivity index (χ0n) is 24.1. The zero-order chi connectivity index (χ0) is 30.0. The van der Waals surface area contributed by atoms with E-state index in [4.69, 9.17) is 9.47 Å². The summed E-state index contributed by atoms with van der Waals surface area (Å²) in [5, 5.41) is 23.2. The molecule has 3 N–H and O–H groups in total. The van der Waals surface area contributed by atoms with Crippen molar-refractivity contribution < 1.29 is 24.5 Å². The molecule has 4 aromatic carbocycles. The summed E-state index contributed by atoms with van der Waals surface area (Å²) in [4.78, 5) is 13.4. The number of nitrogens with one attached hydrogen (secondary N) is 1. The Hall–Kier alpha value is -3.65. The number of ether oxygens (including phenoxy) is 2. The molecule has 0 radical (unpaired) electrons. The Kier molecular flexibility index (Phi) is 10.9. The van der Waals surface area contributed by atoms with E-state index in [2.05, 4.69) is 21.2 Å². The van der Waals surface area contributed by atoms with Crippen LogP contribution in [-0.4, -0.2) is 35.1 Å². The summed E-state index contributed by atoms with van der Waals surface area (Å²) in [6, 6.07) is 29.7. The fourth-order valence-electron chi connectivity index (χ4n) is 5.58. The van der Waals surface area contributed by atoms with E-state index in [-0.39, 0.29) is 6.42 Å². The lowest BCUT2D eigenvalue weighted by molar-refractivity contribution is -0.0647. The van der Waals surface area contributed by atoms with E-state index in [1.54, 1.807) is 12.1 Å². The second kappa shape index (κ2) is 15.2. The van der Waals surface area contributed by atoms with Gasteiger partial charge in [-0.3, -0.25) is 4.79 Å². The highest BCUT2D eigenvalue weighted by atomic mass is 79.9. The molecule has 1 aliphatic carbocycles. The Bertz CT molecular complexity index is 1470. The molecule has 43 heavy (non-hydrogen) atoms. The highest BCUT2D eigenvalue weighted by Crippen LogP contribution is 2.33. The van der Waals surface area contributed by atoms with Crippen LogP contribution >= 0.6 is 15.9 Å². The third-order valence-electron chi connectivity index (χ3n) is 7.95. The van der Waals surface area contributed by atoms with Crippen LogP contribution in [0.1, 0.15) is 54.4 Å². The van der Waals surface area contributed by atoms with E-state index in [0.29, 0.717) is 23.8 Å². The van der Waals surface area contributed by atoms with Gasteiger partial charge in [0.25, 0.3) is 5.91 Å². The summed E-state index contributed by atoms with van der Waals surface area (Å²) in [5.41, 5.74) is 3.11. The molecule has 1 aliphatic rings.